The normalized spacial score (nSPS) is 22.1. The summed E-state index contributed by atoms with van der Waals surface area (Å²) < 4.78 is 10.7. The van der Waals surface area contributed by atoms with Crippen LogP contribution in [0.3, 0.4) is 0 Å². The number of rotatable bonds is 4. The van der Waals surface area contributed by atoms with Gasteiger partial charge in [0.15, 0.2) is 0 Å². The molecule has 1 saturated heterocycles. The van der Waals surface area contributed by atoms with E-state index in [1.54, 1.807) is 7.11 Å². The van der Waals surface area contributed by atoms with Gasteiger partial charge in [-0.1, -0.05) is 0 Å². The molecule has 1 heterocycles. The summed E-state index contributed by atoms with van der Waals surface area (Å²) in [4.78, 5) is 10.2. The summed E-state index contributed by atoms with van der Waals surface area (Å²) in [6, 6.07) is 0. The fraction of sp³-hybridized carbons (Fsp3) is 0.889. The van der Waals surface area contributed by atoms with E-state index < -0.39 is 0 Å². The van der Waals surface area contributed by atoms with Crippen LogP contribution in [0.5, 0.6) is 0 Å². The molecule has 3 heteroatoms. The van der Waals surface area contributed by atoms with Gasteiger partial charge in [0, 0.05) is 26.7 Å². The molecular weight excluding hydrogens is 156 g/mol. The minimum atomic E-state index is -0.0842. The zero-order chi connectivity index (χ0) is 8.86. The predicted molar refractivity (Wildman–Crippen MR) is 45.1 cm³/mol. The van der Waals surface area contributed by atoms with E-state index in [0.717, 1.165) is 38.8 Å². The second-order valence-electron chi connectivity index (χ2n) is 3.20. The third kappa shape index (κ3) is 2.29. The maximum atomic E-state index is 10.2. The molecule has 70 valence electrons. The molecule has 1 fully saturated rings. The first-order valence-corrected chi connectivity index (χ1v) is 4.39. The molecule has 0 saturated carbocycles. The monoisotopic (exact) mass is 172 g/mol. The van der Waals surface area contributed by atoms with E-state index in [1.165, 1.54) is 0 Å². The molecule has 0 aromatic heterocycles. The predicted octanol–water partition coefficient (Wildman–Crippen LogP) is 1.16. The number of carbonyl (C=O) groups excluding carboxylic acids is 1. The lowest BCUT2D eigenvalue weighted by Crippen LogP contribution is -2.38. The van der Waals surface area contributed by atoms with Crippen molar-refractivity contribution in [1.82, 2.24) is 0 Å². The first-order valence-electron chi connectivity index (χ1n) is 4.39. The van der Waals surface area contributed by atoms with Gasteiger partial charge in [-0.25, -0.2) is 0 Å². The molecule has 0 N–H and O–H groups in total. The Morgan fingerprint density at radius 3 is 2.67 bits per heavy atom. The van der Waals surface area contributed by atoms with E-state index in [1.807, 2.05) is 0 Å². The highest BCUT2D eigenvalue weighted by Gasteiger charge is 2.31. The number of methoxy groups -OCH3 is 1. The van der Waals surface area contributed by atoms with E-state index in [-0.39, 0.29) is 5.60 Å². The van der Waals surface area contributed by atoms with Crippen LogP contribution in [-0.4, -0.2) is 32.2 Å². The zero-order valence-corrected chi connectivity index (χ0v) is 7.54. The van der Waals surface area contributed by atoms with Gasteiger partial charge in [-0.2, -0.15) is 0 Å². The van der Waals surface area contributed by atoms with Crippen LogP contribution < -0.4 is 0 Å². The van der Waals surface area contributed by atoms with Gasteiger partial charge in [0.05, 0.1) is 5.60 Å². The van der Waals surface area contributed by atoms with E-state index in [4.69, 9.17) is 9.47 Å². The van der Waals surface area contributed by atoms with Gasteiger partial charge in [-0.05, 0) is 19.3 Å². The molecule has 0 unspecified atom stereocenters. The summed E-state index contributed by atoms with van der Waals surface area (Å²) >= 11 is 0. The molecule has 1 aliphatic rings. The van der Waals surface area contributed by atoms with Crippen molar-refractivity contribution in [3.05, 3.63) is 0 Å². The van der Waals surface area contributed by atoms with Crippen LogP contribution in [0.4, 0.5) is 0 Å². The standard InChI is InChI=1S/C9H16O3/c1-11-9(3-2-6-10)4-7-12-8-5-9/h6H,2-5,7-8H2,1H3. The van der Waals surface area contributed by atoms with E-state index in [2.05, 4.69) is 0 Å². The Labute approximate surface area is 73.0 Å². The first kappa shape index (κ1) is 9.68. The molecule has 12 heavy (non-hydrogen) atoms. The topological polar surface area (TPSA) is 35.5 Å². The second-order valence-corrected chi connectivity index (χ2v) is 3.20. The van der Waals surface area contributed by atoms with Gasteiger partial charge in [-0.15, -0.1) is 0 Å². The number of hydrogen-bond donors (Lipinski definition) is 0. The molecule has 0 radical (unpaired) electrons. The highest BCUT2D eigenvalue weighted by atomic mass is 16.5. The lowest BCUT2D eigenvalue weighted by Gasteiger charge is -2.35. The summed E-state index contributed by atoms with van der Waals surface area (Å²) in [5.41, 5.74) is -0.0842. The number of carbonyl (C=O) groups is 1. The third-order valence-corrected chi connectivity index (χ3v) is 2.55. The van der Waals surface area contributed by atoms with Crippen molar-refractivity contribution >= 4 is 6.29 Å². The molecule has 3 nitrogen and oxygen atoms in total. The Bertz CT molecular complexity index is 139. The molecular formula is C9H16O3. The summed E-state index contributed by atoms with van der Waals surface area (Å²) in [5, 5.41) is 0. The Hall–Kier alpha value is -0.410. The van der Waals surface area contributed by atoms with Crippen molar-refractivity contribution in [2.75, 3.05) is 20.3 Å². The largest absolute Gasteiger partial charge is 0.381 e. The minimum Gasteiger partial charge on any atom is -0.381 e. The zero-order valence-electron chi connectivity index (χ0n) is 7.54. The fourth-order valence-corrected chi connectivity index (χ4v) is 1.62. The average Bonchev–Trinajstić information content (AvgIpc) is 2.16. The van der Waals surface area contributed by atoms with Crippen molar-refractivity contribution in [3.8, 4) is 0 Å². The van der Waals surface area contributed by atoms with Gasteiger partial charge in [0.25, 0.3) is 0 Å². The van der Waals surface area contributed by atoms with Crippen LogP contribution in [0, 0.1) is 0 Å². The van der Waals surface area contributed by atoms with Crippen molar-refractivity contribution in [3.63, 3.8) is 0 Å². The van der Waals surface area contributed by atoms with Gasteiger partial charge < -0.3 is 14.3 Å². The lowest BCUT2D eigenvalue weighted by atomic mass is 9.89. The van der Waals surface area contributed by atoms with Crippen LogP contribution in [0.25, 0.3) is 0 Å². The quantitative estimate of drug-likeness (QED) is 0.597. The first-order chi connectivity index (χ1) is 5.83. The average molecular weight is 172 g/mol. The smallest absolute Gasteiger partial charge is 0.120 e. The van der Waals surface area contributed by atoms with Crippen molar-refractivity contribution in [1.29, 1.82) is 0 Å². The van der Waals surface area contributed by atoms with Crippen LogP contribution >= 0.6 is 0 Å². The van der Waals surface area contributed by atoms with E-state index in [9.17, 15) is 4.79 Å². The summed E-state index contributed by atoms with van der Waals surface area (Å²) in [6.45, 7) is 1.51. The molecule has 0 aromatic carbocycles. The molecule has 0 atom stereocenters. The van der Waals surface area contributed by atoms with Gasteiger partial charge in [0.2, 0.25) is 0 Å². The van der Waals surface area contributed by atoms with E-state index in [0.29, 0.717) is 6.42 Å². The molecule has 0 spiro atoms. The van der Waals surface area contributed by atoms with Crippen LogP contribution in [0.15, 0.2) is 0 Å². The maximum absolute atomic E-state index is 10.2. The van der Waals surface area contributed by atoms with Crippen LogP contribution in [0.1, 0.15) is 25.7 Å². The Balaban J connectivity index is 2.41. The third-order valence-electron chi connectivity index (χ3n) is 2.55. The SMILES string of the molecule is COC1(CCC=O)CCOCC1. The molecule has 0 aliphatic carbocycles. The summed E-state index contributed by atoms with van der Waals surface area (Å²) in [7, 11) is 1.72. The molecule has 0 bridgehead atoms. The minimum absolute atomic E-state index is 0.0842. The number of hydrogen-bond acceptors (Lipinski definition) is 3. The summed E-state index contributed by atoms with van der Waals surface area (Å²) in [6.07, 6.45) is 4.20. The molecule has 1 aliphatic heterocycles. The Morgan fingerprint density at radius 2 is 2.17 bits per heavy atom. The molecule has 0 aromatic rings. The number of ether oxygens (including phenoxy) is 2. The molecule has 1 rings (SSSR count). The lowest BCUT2D eigenvalue weighted by molar-refractivity contribution is -0.114. The second kappa shape index (κ2) is 4.58. The van der Waals surface area contributed by atoms with E-state index >= 15 is 0 Å². The van der Waals surface area contributed by atoms with Crippen LogP contribution in [-0.2, 0) is 14.3 Å². The summed E-state index contributed by atoms with van der Waals surface area (Å²) in [5.74, 6) is 0. The maximum Gasteiger partial charge on any atom is 0.120 e. The Kier molecular flexibility index (Phi) is 3.69. The van der Waals surface area contributed by atoms with Gasteiger partial charge in [0.1, 0.15) is 6.29 Å². The van der Waals surface area contributed by atoms with Crippen LogP contribution in [0.2, 0.25) is 0 Å². The van der Waals surface area contributed by atoms with Crippen molar-refractivity contribution in [2.45, 2.75) is 31.3 Å². The highest BCUT2D eigenvalue weighted by molar-refractivity contribution is 5.49. The van der Waals surface area contributed by atoms with Gasteiger partial charge in [-0.3, -0.25) is 0 Å². The van der Waals surface area contributed by atoms with Crippen molar-refractivity contribution < 1.29 is 14.3 Å². The van der Waals surface area contributed by atoms with Crippen molar-refractivity contribution in [2.24, 2.45) is 0 Å². The Morgan fingerprint density at radius 1 is 1.50 bits per heavy atom. The molecule has 0 amide bonds. The number of aldehydes is 1. The van der Waals surface area contributed by atoms with Gasteiger partial charge >= 0.3 is 0 Å². The fourth-order valence-electron chi connectivity index (χ4n) is 1.62. The highest BCUT2D eigenvalue weighted by Crippen LogP contribution is 2.28.